The van der Waals surface area contributed by atoms with E-state index in [1.807, 2.05) is 55.0 Å². The summed E-state index contributed by atoms with van der Waals surface area (Å²) in [5, 5.41) is 0.994. The highest BCUT2D eigenvalue weighted by atomic mass is 35.5. The first-order valence-electron chi connectivity index (χ1n) is 10.9. The molecule has 0 N–H and O–H groups in total. The van der Waals surface area contributed by atoms with Crippen molar-refractivity contribution in [3.63, 3.8) is 0 Å². The van der Waals surface area contributed by atoms with Crippen molar-refractivity contribution < 1.29 is 4.74 Å². The van der Waals surface area contributed by atoms with Crippen LogP contribution in [-0.4, -0.2) is 39.1 Å². The number of pyridine rings is 3. The maximum Gasteiger partial charge on any atom is 0.250 e. The highest BCUT2D eigenvalue weighted by Gasteiger charge is 2.08. The fraction of sp³-hybridized carbons (Fsp3) is 0.269. The number of aryl methyl sites for hydroxylation is 2. The standard InChI is InChI=1S/C26H28N4O2.3ClH/c1-29-25-10-9-24(17-23(25)8-11-26(29)31)32-16-15-30(20-22-6-3-13-28-19-22)14-4-7-21-5-2-12-27-18-21;;;/h2-3,5-6,8-13,17-19H,4,7,14-16,20H2,1H3;3*1H. The zero-order valence-electron chi connectivity index (χ0n) is 19.6. The summed E-state index contributed by atoms with van der Waals surface area (Å²) in [4.78, 5) is 22.7. The van der Waals surface area contributed by atoms with Crippen molar-refractivity contribution in [1.29, 1.82) is 0 Å². The van der Waals surface area contributed by atoms with Crippen LogP contribution in [0.3, 0.4) is 0 Å². The van der Waals surface area contributed by atoms with Gasteiger partial charge in [-0.1, -0.05) is 12.1 Å². The Bertz CT molecular complexity index is 1210. The maximum absolute atomic E-state index is 11.8. The molecule has 3 heterocycles. The topological polar surface area (TPSA) is 60.2 Å². The van der Waals surface area contributed by atoms with Gasteiger partial charge >= 0.3 is 0 Å². The summed E-state index contributed by atoms with van der Waals surface area (Å²) in [5.41, 5.74) is 3.35. The third-order valence-corrected chi connectivity index (χ3v) is 5.56. The maximum atomic E-state index is 11.8. The Balaban J connectivity index is 0.00000204. The summed E-state index contributed by atoms with van der Waals surface area (Å²) >= 11 is 0. The predicted molar refractivity (Wildman–Crippen MR) is 148 cm³/mol. The number of hydrogen-bond donors (Lipinski definition) is 0. The van der Waals surface area contributed by atoms with Gasteiger partial charge in [0.05, 0.1) is 5.52 Å². The average Bonchev–Trinajstić information content (AvgIpc) is 2.83. The molecule has 1 aromatic carbocycles. The van der Waals surface area contributed by atoms with E-state index in [-0.39, 0.29) is 42.8 Å². The molecule has 6 nitrogen and oxygen atoms in total. The number of hydrogen-bond acceptors (Lipinski definition) is 5. The smallest absolute Gasteiger partial charge is 0.250 e. The minimum absolute atomic E-state index is 0. The summed E-state index contributed by atoms with van der Waals surface area (Å²) < 4.78 is 7.71. The summed E-state index contributed by atoms with van der Waals surface area (Å²) in [6.07, 6.45) is 9.51. The first-order chi connectivity index (χ1) is 15.7. The van der Waals surface area contributed by atoms with Gasteiger partial charge in [-0.15, -0.1) is 37.2 Å². The number of fused-ring (bicyclic) bond motifs is 1. The van der Waals surface area contributed by atoms with Crippen molar-refractivity contribution in [3.8, 4) is 5.75 Å². The molecule has 9 heteroatoms. The lowest BCUT2D eigenvalue weighted by molar-refractivity contribution is 0.201. The van der Waals surface area contributed by atoms with Crippen LogP contribution in [-0.2, 0) is 20.0 Å². The van der Waals surface area contributed by atoms with Gasteiger partial charge in [0.2, 0.25) is 0 Å². The Kier molecular flexibility index (Phi) is 13.3. The second-order valence-electron chi connectivity index (χ2n) is 7.90. The van der Waals surface area contributed by atoms with Crippen molar-refractivity contribution in [2.75, 3.05) is 19.7 Å². The van der Waals surface area contributed by atoms with Gasteiger partial charge in [-0.3, -0.25) is 19.7 Å². The summed E-state index contributed by atoms with van der Waals surface area (Å²) in [6, 6.07) is 17.5. The van der Waals surface area contributed by atoms with Gasteiger partial charge in [0, 0.05) is 56.4 Å². The quantitative estimate of drug-likeness (QED) is 0.281. The number of rotatable bonds is 10. The SMILES string of the molecule is Cl.Cl.Cl.Cn1c(=O)ccc2cc(OCCN(CCCc3cccnc3)Cc3cccnc3)ccc21. The lowest BCUT2D eigenvalue weighted by atomic mass is 10.1. The molecule has 0 spiro atoms. The van der Waals surface area contributed by atoms with Crippen LogP contribution in [0.15, 0.2) is 84.2 Å². The summed E-state index contributed by atoms with van der Waals surface area (Å²) in [6.45, 7) is 3.20. The van der Waals surface area contributed by atoms with Gasteiger partial charge < -0.3 is 9.30 Å². The van der Waals surface area contributed by atoms with Crippen LogP contribution in [0, 0.1) is 0 Å². The van der Waals surface area contributed by atoms with E-state index in [4.69, 9.17) is 4.74 Å². The fourth-order valence-corrected chi connectivity index (χ4v) is 3.82. The Morgan fingerprint density at radius 2 is 1.60 bits per heavy atom. The molecule has 35 heavy (non-hydrogen) atoms. The van der Waals surface area contributed by atoms with Crippen LogP contribution in [0.4, 0.5) is 0 Å². The molecule has 0 aliphatic heterocycles. The van der Waals surface area contributed by atoms with E-state index in [0.29, 0.717) is 6.61 Å². The van der Waals surface area contributed by atoms with Gasteiger partial charge in [-0.25, -0.2) is 0 Å². The second-order valence-corrected chi connectivity index (χ2v) is 7.90. The Labute approximate surface area is 224 Å². The predicted octanol–water partition coefficient (Wildman–Crippen LogP) is 5.11. The molecule has 0 radical (unpaired) electrons. The number of aromatic nitrogens is 3. The molecule has 0 bridgehead atoms. The molecule has 0 aliphatic carbocycles. The number of halogens is 3. The van der Waals surface area contributed by atoms with Crippen LogP contribution in [0.25, 0.3) is 10.9 Å². The van der Waals surface area contributed by atoms with E-state index < -0.39 is 0 Å². The Morgan fingerprint density at radius 3 is 2.29 bits per heavy atom. The van der Waals surface area contributed by atoms with Crippen molar-refractivity contribution >= 4 is 48.1 Å². The summed E-state index contributed by atoms with van der Waals surface area (Å²) in [5.74, 6) is 0.813. The molecule has 0 unspecified atom stereocenters. The van der Waals surface area contributed by atoms with Gasteiger partial charge in [-0.05, 0) is 66.9 Å². The van der Waals surface area contributed by atoms with Crippen LogP contribution in [0.1, 0.15) is 17.5 Å². The van der Waals surface area contributed by atoms with Crippen molar-refractivity contribution in [1.82, 2.24) is 19.4 Å². The average molecular weight is 538 g/mol. The molecule has 0 saturated carbocycles. The van der Waals surface area contributed by atoms with E-state index in [0.717, 1.165) is 49.1 Å². The largest absolute Gasteiger partial charge is 0.492 e. The molecule has 0 aliphatic rings. The first-order valence-corrected chi connectivity index (χ1v) is 10.9. The van der Waals surface area contributed by atoms with Crippen molar-refractivity contribution in [2.45, 2.75) is 19.4 Å². The van der Waals surface area contributed by atoms with Crippen LogP contribution in [0.2, 0.25) is 0 Å². The van der Waals surface area contributed by atoms with Crippen LogP contribution >= 0.6 is 37.2 Å². The highest BCUT2D eigenvalue weighted by molar-refractivity contribution is 5.86. The van der Waals surface area contributed by atoms with E-state index in [2.05, 4.69) is 27.0 Å². The molecule has 0 fully saturated rings. The molecule has 188 valence electrons. The number of nitrogens with zero attached hydrogens (tertiary/aromatic N) is 4. The lowest BCUT2D eigenvalue weighted by Gasteiger charge is -2.22. The van der Waals surface area contributed by atoms with Crippen LogP contribution in [0.5, 0.6) is 5.75 Å². The molecule has 0 atom stereocenters. The molecule has 0 saturated heterocycles. The van der Waals surface area contributed by atoms with Gasteiger partial charge in [-0.2, -0.15) is 0 Å². The molecular formula is C26H31Cl3N4O2. The van der Waals surface area contributed by atoms with Gasteiger partial charge in [0.25, 0.3) is 5.56 Å². The molecule has 4 rings (SSSR count). The van der Waals surface area contributed by atoms with Crippen molar-refractivity contribution in [2.24, 2.45) is 7.05 Å². The second kappa shape index (κ2) is 15.4. The Hall–Kier alpha value is -2.64. The monoisotopic (exact) mass is 536 g/mol. The zero-order valence-corrected chi connectivity index (χ0v) is 22.0. The van der Waals surface area contributed by atoms with E-state index in [9.17, 15) is 4.79 Å². The fourth-order valence-electron chi connectivity index (χ4n) is 3.82. The lowest BCUT2D eigenvalue weighted by Crippen LogP contribution is -2.29. The van der Waals surface area contributed by atoms with Gasteiger partial charge in [0.1, 0.15) is 12.4 Å². The minimum Gasteiger partial charge on any atom is -0.492 e. The minimum atomic E-state index is -0.0107. The zero-order chi connectivity index (χ0) is 22.2. The van der Waals surface area contributed by atoms with E-state index in [1.54, 1.807) is 23.9 Å². The molecule has 3 aromatic heterocycles. The number of ether oxygens (including phenoxy) is 1. The normalized spacial score (nSPS) is 10.2. The Morgan fingerprint density at radius 1 is 0.886 bits per heavy atom. The molecule has 0 amide bonds. The highest BCUT2D eigenvalue weighted by Crippen LogP contribution is 2.19. The van der Waals surface area contributed by atoms with E-state index >= 15 is 0 Å². The molecular weight excluding hydrogens is 507 g/mol. The summed E-state index contributed by atoms with van der Waals surface area (Å²) in [7, 11) is 1.78. The third-order valence-electron chi connectivity index (χ3n) is 5.56. The molecule has 4 aromatic rings. The first kappa shape index (κ1) is 30.4. The van der Waals surface area contributed by atoms with Crippen molar-refractivity contribution in [3.05, 3.63) is 101 Å². The third kappa shape index (κ3) is 8.82. The van der Waals surface area contributed by atoms with E-state index in [1.165, 1.54) is 11.1 Å². The number of benzene rings is 1. The van der Waals surface area contributed by atoms with Gasteiger partial charge in [0.15, 0.2) is 0 Å². The van der Waals surface area contributed by atoms with Crippen LogP contribution < -0.4 is 10.3 Å².